The van der Waals surface area contributed by atoms with Crippen LogP contribution in [-0.2, 0) is 4.79 Å². The summed E-state index contributed by atoms with van der Waals surface area (Å²) in [5, 5.41) is 6.15. The fourth-order valence-corrected chi connectivity index (χ4v) is 2.64. The molecule has 0 aliphatic carbocycles. The van der Waals surface area contributed by atoms with E-state index in [1.165, 1.54) is 6.08 Å². The van der Waals surface area contributed by atoms with Crippen LogP contribution in [0.5, 0.6) is 11.5 Å². The first-order valence-corrected chi connectivity index (χ1v) is 8.81. The number of rotatable bonds is 7. The van der Waals surface area contributed by atoms with Crippen LogP contribution in [0, 0.1) is 0 Å². The topological polar surface area (TPSA) is 59.6 Å². The van der Waals surface area contributed by atoms with E-state index >= 15 is 0 Å². The first-order chi connectivity index (χ1) is 13.7. The van der Waals surface area contributed by atoms with Crippen LogP contribution in [-0.4, -0.2) is 20.1 Å². The van der Waals surface area contributed by atoms with Gasteiger partial charge in [-0.2, -0.15) is 0 Å². The summed E-state index contributed by atoms with van der Waals surface area (Å²) in [5.41, 5.74) is 3.43. The Hall–Kier alpha value is -3.73. The SMILES string of the molecule is COc1ccc(OC)c(/C=C/C(=O)Nc2ccc(Nc3ccccc3)cc2)c1. The zero-order chi connectivity index (χ0) is 19.8. The van der Waals surface area contributed by atoms with E-state index in [4.69, 9.17) is 9.47 Å². The molecule has 0 saturated carbocycles. The molecule has 0 saturated heterocycles. The molecule has 0 aliphatic rings. The fraction of sp³-hybridized carbons (Fsp3) is 0.0870. The summed E-state index contributed by atoms with van der Waals surface area (Å²) in [4.78, 5) is 12.2. The number of ether oxygens (including phenoxy) is 2. The van der Waals surface area contributed by atoms with Crippen molar-refractivity contribution in [1.29, 1.82) is 0 Å². The van der Waals surface area contributed by atoms with Gasteiger partial charge in [0, 0.05) is 28.7 Å². The molecule has 0 unspecified atom stereocenters. The molecule has 142 valence electrons. The van der Waals surface area contributed by atoms with E-state index in [2.05, 4.69) is 10.6 Å². The molecule has 5 nitrogen and oxygen atoms in total. The summed E-state index contributed by atoms with van der Waals surface area (Å²) < 4.78 is 10.5. The Kier molecular flexibility index (Phi) is 6.31. The molecule has 5 heteroatoms. The van der Waals surface area contributed by atoms with Crippen molar-refractivity contribution in [2.75, 3.05) is 24.9 Å². The van der Waals surface area contributed by atoms with Crippen molar-refractivity contribution in [3.05, 3.63) is 84.4 Å². The standard InChI is InChI=1S/C23H22N2O3/c1-27-21-13-14-22(28-2)17(16-21)8-15-23(26)25-20-11-9-19(10-12-20)24-18-6-4-3-5-7-18/h3-16,24H,1-2H3,(H,25,26)/b15-8+. The van der Waals surface area contributed by atoms with Crippen molar-refractivity contribution >= 4 is 29.0 Å². The van der Waals surface area contributed by atoms with Crippen LogP contribution in [0.1, 0.15) is 5.56 Å². The van der Waals surface area contributed by atoms with Crippen molar-refractivity contribution in [2.24, 2.45) is 0 Å². The van der Waals surface area contributed by atoms with Gasteiger partial charge in [0.15, 0.2) is 0 Å². The molecule has 3 aromatic carbocycles. The largest absolute Gasteiger partial charge is 0.497 e. The lowest BCUT2D eigenvalue weighted by molar-refractivity contribution is -0.111. The van der Waals surface area contributed by atoms with Crippen molar-refractivity contribution in [3.8, 4) is 11.5 Å². The monoisotopic (exact) mass is 374 g/mol. The van der Waals surface area contributed by atoms with Crippen molar-refractivity contribution in [3.63, 3.8) is 0 Å². The minimum atomic E-state index is -0.228. The molecule has 1 amide bonds. The minimum absolute atomic E-state index is 0.228. The van der Waals surface area contributed by atoms with Gasteiger partial charge < -0.3 is 20.1 Å². The van der Waals surface area contributed by atoms with Gasteiger partial charge >= 0.3 is 0 Å². The van der Waals surface area contributed by atoms with Gasteiger partial charge in [0.25, 0.3) is 0 Å². The summed E-state index contributed by atoms with van der Waals surface area (Å²) in [6.07, 6.45) is 3.16. The van der Waals surface area contributed by atoms with Crippen LogP contribution < -0.4 is 20.1 Å². The van der Waals surface area contributed by atoms with Gasteiger partial charge in [0.05, 0.1) is 14.2 Å². The lowest BCUT2D eigenvalue weighted by Gasteiger charge is -2.08. The lowest BCUT2D eigenvalue weighted by Crippen LogP contribution is -2.07. The minimum Gasteiger partial charge on any atom is -0.497 e. The maximum atomic E-state index is 12.2. The Labute approximate surface area is 164 Å². The van der Waals surface area contributed by atoms with Crippen LogP contribution in [0.15, 0.2) is 78.9 Å². The Morgan fingerprint density at radius 1 is 0.821 bits per heavy atom. The number of nitrogens with one attached hydrogen (secondary N) is 2. The molecule has 0 bridgehead atoms. The van der Waals surface area contributed by atoms with E-state index in [0.717, 1.165) is 16.9 Å². The lowest BCUT2D eigenvalue weighted by atomic mass is 10.1. The highest BCUT2D eigenvalue weighted by Gasteiger charge is 2.04. The average molecular weight is 374 g/mol. The van der Waals surface area contributed by atoms with E-state index < -0.39 is 0 Å². The maximum Gasteiger partial charge on any atom is 0.248 e. The highest BCUT2D eigenvalue weighted by Crippen LogP contribution is 2.25. The van der Waals surface area contributed by atoms with E-state index in [0.29, 0.717) is 17.2 Å². The summed E-state index contributed by atoms with van der Waals surface area (Å²) in [5.74, 6) is 1.14. The molecule has 0 radical (unpaired) electrons. The number of hydrogen-bond acceptors (Lipinski definition) is 4. The van der Waals surface area contributed by atoms with Gasteiger partial charge in [-0.15, -0.1) is 0 Å². The predicted molar refractivity (Wildman–Crippen MR) is 113 cm³/mol. The third-order valence-electron chi connectivity index (χ3n) is 4.07. The molecular weight excluding hydrogens is 352 g/mol. The first kappa shape index (κ1) is 19.0. The summed E-state index contributed by atoms with van der Waals surface area (Å²) in [6, 6.07) is 22.9. The highest BCUT2D eigenvalue weighted by atomic mass is 16.5. The highest BCUT2D eigenvalue weighted by molar-refractivity contribution is 6.02. The Balaban J connectivity index is 1.62. The van der Waals surface area contributed by atoms with Gasteiger partial charge in [-0.05, 0) is 60.7 Å². The molecule has 0 aromatic heterocycles. The smallest absolute Gasteiger partial charge is 0.248 e. The third kappa shape index (κ3) is 5.14. The fourth-order valence-electron chi connectivity index (χ4n) is 2.64. The quantitative estimate of drug-likeness (QED) is 0.565. The van der Waals surface area contributed by atoms with Gasteiger partial charge in [0.1, 0.15) is 11.5 Å². The Morgan fingerprint density at radius 2 is 1.50 bits per heavy atom. The van der Waals surface area contributed by atoms with E-state index in [1.54, 1.807) is 32.4 Å². The number of benzene rings is 3. The molecular formula is C23H22N2O3. The van der Waals surface area contributed by atoms with Gasteiger partial charge in [-0.3, -0.25) is 4.79 Å². The van der Waals surface area contributed by atoms with Crippen molar-refractivity contribution < 1.29 is 14.3 Å². The van der Waals surface area contributed by atoms with E-state index in [9.17, 15) is 4.79 Å². The molecule has 3 rings (SSSR count). The van der Waals surface area contributed by atoms with Gasteiger partial charge in [-0.25, -0.2) is 0 Å². The van der Waals surface area contributed by atoms with Gasteiger partial charge in [0.2, 0.25) is 5.91 Å². The molecule has 0 fully saturated rings. The van der Waals surface area contributed by atoms with Crippen LogP contribution in [0.2, 0.25) is 0 Å². The predicted octanol–water partition coefficient (Wildman–Crippen LogP) is 5.10. The van der Waals surface area contributed by atoms with Crippen LogP contribution in [0.3, 0.4) is 0 Å². The third-order valence-corrected chi connectivity index (χ3v) is 4.07. The Morgan fingerprint density at radius 3 is 2.18 bits per heavy atom. The normalized spacial score (nSPS) is 10.5. The molecule has 0 heterocycles. The zero-order valence-electron chi connectivity index (χ0n) is 15.8. The molecule has 2 N–H and O–H groups in total. The summed E-state index contributed by atoms with van der Waals surface area (Å²) >= 11 is 0. The summed E-state index contributed by atoms with van der Waals surface area (Å²) in [7, 11) is 3.18. The van der Waals surface area contributed by atoms with E-state index in [-0.39, 0.29) is 5.91 Å². The van der Waals surface area contributed by atoms with E-state index in [1.807, 2.05) is 60.7 Å². The number of para-hydroxylation sites is 1. The zero-order valence-corrected chi connectivity index (χ0v) is 15.8. The van der Waals surface area contributed by atoms with Crippen molar-refractivity contribution in [2.45, 2.75) is 0 Å². The van der Waals surface area contributed by atoms with Crippen LogP contribution >= 0.6 is 0 Å². The molecule has 28 heavy (non-hydrogen) atoms. The molecule has 0 atom stereocenters. The Bertz CT molecular complexity index is 951. The first-order valence-electron chi connectivity index (χ1n) is 8.81. The van der Waals surface area contributed by atoms with Crippen LogP contribution in [0.4, 0.5) is 17.1 Å². The number of amides is 1. The second kappa shape index (κ2) is 9.28. The molecule has 0 aliphatic heterocycles. The second-order valence-electron chi connectivity index (χ2n) is 6.00. The number of carbonyl (C=O) groups is 1. The number of anilines is 3. The van der Waals surface area contributed by atoms with Gasteiger partial charge in [-0.1, -0.05) is 18.2 Å². The number of hydrogen-bond donors (Lipinski definition) is 2. The number of carbonyl (C=O) groups excluding carboxylic acids is 1. The van der Waals surface area contributed by atoms with Crippen LogP contribution in [0.25, 0.3) is 6.08 Å². The molecule has 0 spiro atoms. The second-order valence-corrected chi connectivity index (χ2v) is 6.00. The maximum absolute atomic E-state index is 12.2. The number of methoxy groups -OCH3 is 2. The molecule has 3 aromatic rings. The summed E-state index contributed by atoms with van der Waals surface area (Å²) in [6.45, 7) is 0. The average Bonchev–Trinajstić information content (AvgIpc) is 2.74. The van der Waals surface area contributed by atoms with Crippen molar-refractivity contribution in [1.82, 2.24) is 0 Å².